The van der Waals surface area contributed by atoms with Gasteiger partial charge >= 0.3 is 5.97 Å². The highest BCUT2D eigenvalue weighted by Crippen LogP contribution is 2.79. The van der Waals surface area contributed by atoms with Crippen molar-refractivity contribution in [1.82, 2.24) is 0 Å². The van der Waals surface area contributed by atoms with Gasteiger partial charge in [-0.1, -0.05) is 26.2 Å². The Hall–Kier alpha value is -0.120. The Kier molecular flexibility index (Phi) is 0.947. The molecule has 0 saturated carbocycles. The fourth-order valence-electron chi connectivity index (χ4n) is 1.85. The maximum atomic E-state index is 5.37. The summed E-state index contributed by atoms with van der Waals surface area (Å²) >= 11 is 0. The molecule has 3 heterocycles. The smallest absolute Gasteiger partial charge is 0.313 e. The summed E-state index contributed by atoms with van der Waals surface area (Å²) in [6.45, 7) is 2.20. The van der Waals surface area contributed by atoms with Crippen LogP contribution in [0.1, 0.15) is 32.6 Å². The van der Waals surface area contributed by atoms with E-state index in [0.29, 0.717) is 0 Å². The average Bonchev–Trinajstić information content (AvgIpc) is 2.60. The Morgan fingerprint density at radius 1 is 1.27 bits per heavy atom. The number of hydrogen-bond donors (Lipinski definition) is 0. The van der Waals surface area contributed by atoms with Crippen molar-refractivity contribution < 1.29 is 14.2 Å². The van der Waals surface area contributed by atoms with E-state index in [1.807, 2.05) is 0 Å². The number of ether oxygens (including phenoxy) is 3. The van der Waals surface area contributed by atoms with Gasteiger partial charge in [0.05, 0.1) is 0 Å². The predicted octanol–water partition coefficient (Wildman–Crippen LogP) is 1.38. The van der Waals surface area contributed by atoms with Gasteiger partial charge in [-0.25, -0.2) is 0 Å². The van der Waals surface area contributed by atoms with Crippen LogP contribution in [0.3, 0.4) is 0 Å². The molecule has 0 aromatic rings. The Bertz CT molecular complexity index is 196. The third-order valence-electron chi connectivity index (χ3n) is 2.71. The molecule has 0 bridgehead atoms. The summed E-state index contributed by atoms with van der Waals surface area (Å²) in [5, 5.41) is 0. The minimum absolute atomic E-state index is 0.221. The van der Waals surface area contributed by atoms with Gasteiger partial charge in [0.1, 0.15) is 6.10 Å². The van der Waals surface area contributed by atoms with E-state index in [4.69, 9.17) is 14.2 Å². The molecule has 3 heteroatoms. The minimum atomic E-state index is -0.496. The maximum Gasteiger partial charge on any atom is 0.349 e. The van der Waals surface area contributed by atoms with Gasteiger partial charge in [0.2, 0.25) is 0 Å². The summed E-state index contributed by atoms with van der Waals surface area (Å²) in [4.78, 5) is 0. The first-order valence-corrected chi connectivity index (χ1v) is 4.41. The first-order valence-electron chi connectivity index (χ1n) is 4.41. The van der Waals surface area contributed by atoms with Crippen LogP contribution in [-0.4, -0.2) is 17.9 Å². The summed E-state index contributed by atoms with van der Waals surface area (Å²) < 4.78 is 15.7. The Balaban J connectivity index is 1.45. The lowest BCUT2D eigenvalue weighted by molar-refractivity contribution is -0.143. The Morgan fingerprint density at radius 3 is 2.55 bits per heavy atom. The van der Waals surface area contributed by atoms with Gasteiger partial charge in [-0.3, -0.25) is 9.47 Å². The molecule has 0 radical (unpaired) electrons. The molecular weight excluding hydrogens is 144 g/mol. The van der Waals surface area contributed by atoms with Crippen molar-refractivity contribution >= 4 is 0 Å². The summed E-state index contributed by atoms with van der Waals surface area (Å²) in [5.74, 6) is -0.718. The van der Waals surface area contributed by atoms with Crippen molar-refractivity contribution in [3.8, 4) is 0 Å². The highest BCUT2D eigenvalue weighted by Gasteiger charge is 3.05. The molecule has 3 saturated heterocycles. The fraction of sp³-hybridized carbons (Fsp3) is 1.00. The van der Waals surface area contributed by atoms with Crippen molar-refractivity contribution in [1.29, 1.82) is 0 Å². The first-order chi connectivity index (χ1) is 5.33. The van der Waals surface area contributed by atoms with Crippen LogP contribution in [0.25, 0.3) is 0 Å². The quantitative estimate of drug-likeness (QED) is 0.455. The van der Waals surface area contributed by atoms with Crippen LogP contribution in [0, 0.1) is 0 Å². The standard InChI is InChI=1S/C8H12O3/c1-2-3-4-5-6-7-8(9-6,10-7)11-7/h6H,2-5H2,1H3. The average molecular weight is 156 g/mol. The van der Waals surface area contributed by atoms with E-state index in [-0.39, 0.29) is 11.9 Å². The maximum absolute atomic E-state index is 5.37. The number of rotatable bonds is 4. The molecule has 62 valence electrons. The van der Waals surface area contributed by atoms with Crippen LogP contribution >= 0.6 is 0 Å². The molecule has 0 aromatic heterocycles. The topological polar surface area (TPSA) is 34.3 Å². The van der Waals surface area contributed by atoms with Crippen molar-refractivity contribution in [2.45, 2.75) is 50.5 Å². The molecule has 0 aromatic carbocycles. The van der Waals surface area contributed by atoms with E-state index in [2.05, 4.69) is 6.92 Å². The van der Waals surface area contributed by atoms with Crippen LogP contribution in [0.2, 0.25) is 0 Å². The molecule has 0 N–H and O–H groups in total. The molecule has 0 spiro atoms. The van der Waals surface area contributed by atoms with E-state index >= 15 is 0 Å². The molecular formula is C8H12O3. The van der Waals surface area contributed by atoms with Gasteiger partial charge < -0.3 is 4.74 Å². The second-order valence-electron chi connectivity index (χ2n) is 3.53. The zero-order chi connectivity index (χ0) is 7.53. The van der Waals surface area contributed by atoms with E-state index in [0.717, 1.165) is 6.42 Å². The lowest BCUT2D eigenvalue weighted by Crippen LogP contribution is -2.33. The van der Waals surface area contributed by atoms with E-state index in [9.17, 15) is 0 Å². The third kappa shape index (κ3) is 0.567. The molecule has 3 aliphatic rings. The summed E-state index contributed by atoms with van der Waals surface area (Å²) in [5.41, 5.74) is 0. The number of hydrogen-bond acceptors (Lipinski definition) is 3. The minimum Gasteiger partial charge on any atom is -0.313 e. The molecule has 3 aliphatic heterocycles. The molecule has 3 rings (SSSR count). The molecule has 1 unspecified atom stereocenters. The molecule has 3 nitrogen and oxygen atoms in total. The number of epoxide rings is 2. The Labute approximate surface area is 65.6 Å². The van der Waals surface area contributed by atoms with Crippen molar-refractivity contribution in [3.05, 3.63) is 0 Å². The van der Waals surface area contributed by atoms with Gasteiger partial charge in [-0.15, -0.1) is 0 Å². The van der Waals surface area contributed by atoms with Gasteiger partial charge in [0.25, 0.3) is 5.79 Å². The zero-order valence-corrected chi connectivity index (χ0v) is 6.63. The molecule has 0 amide bonds. The highest BCUT2D eigenvalue weighted by molar-refractivity contribution is 5.24. The van der Waals surface area contributed by atoms with Gasteiger partial charge in [-0.05, 0) is 6.42 Å². The van der Waals surface area contributed by atoms with Crippen LogP contribution in [0.5, 0.6) is 0 Å². The zero-order valence-electron chi connectivity index (χ0n) is 6.63. The number of unbranched alkanes of at least 4 members (excludes halogenated alkanes) is 2. The summed E-state index contributed by atoms with van der Waals surface area (Å²) in [6.07, 6.45) is 5.10. The van der Waals surface area contributed by atoms with Crippen LogP contribution in [0.15, 0.2) is 0 Å². The van der Waals surface area contributed by atoms with Gasteiger partial charge in [-0.2, -0.15) is 0 Å². The molecule has 3 fully saturated rings. The molecule has 0 aliphatic carbocycles. The second-order valence-corrected chi connectivity index (χ2v) is 3.53. The van der Waals surface area contributed by atoms with Crippen LogP contribution in [-0.2, 0) is 14.2 Å². The van der Waals surface area contributed by atoms with Crippen LogP contribution < -0.4 is 0 Å². The third-order valence-corrected chi connectivity index (χ3v) is 2.71. The van der Waals surface area contributed by atoms with Crippen molar-refractivity contribution in [2.75, 3.05) is 0 Å². The molecule has 11 heavy (non-hydrogen) atoms. The second kappa shape index (κ2) is 1.63. The SMILES string of the molecule is CCCCCC1OC23OC12O3. The lowest BCUT2D eigenvalue weighted by atomic mass is 10.0. The van der Waals surface area contributed by atoms with Crippen molar-refractivity contribution in [3.63, 3.8) is 0 Å². The van der Waals surface area contributed by atoms with Crippen LogP contribution in [0.4, 0.5) is 0 Å². The fourth-order valence-corrected chi connectivity index (χ4v) is 1.85. The Morgan fingerprint density at radius 2 is 2.09 bits per heavy atom. The summed E-state index contributed by atoms with van der Waals surface area (Å²) in [6, 6.07) is 0. The predicted molar refractivity (Wildman–Crippen MR) is 36.6 cm³/mol. The first kappa shape index (κ1) is 6.40. The van der Waals surface area contributed by atoms with Gasteiger partial charge in [0, 0.05) is 0 Å². The highest BCUT2D eigenvalue weighted by atomic mass is 17.2. The van der Waals surface area contributed by atoms with Crippen molar-refractivity contribution in [2.24, 2.45) is 0 Å². The largest absolute Gasteiger partial charge is 0.349 e. The summed E-state index contributed by atoms with van der Waals surface area (Å²) in [7, 11) is 0. The monoisotopic (exact) mass is 156 g/mol. The van der Waals surface area contributed by atoms with E-state index in [1.165, 1.54) is 19.3 Å². The normalized spacial score (nSPS) is 55.9. The lowest BCUT2D eigenvalue weighted by Gasteiger charge is -2.14. The van der Waals surface area contributed by atoms with Gasteiger partial charge in [0.15, 0.2) is 0 Å². The molecule has 1 atom stereocenters. The van der Waals surface area contributed by atoms with E-state index < -0.39 is 5.97 Å². The van der Waals surface area contributed by atoms with E-state index in [1.54, 1.807) is 0 Å².